The molecule has 0 aromatic heterocycles. The van der Waals surface area contributed by atoms with Gasteiger partial charge in [0.25, 0.3) is 0 Å². The van der Waals surface area contributed by atoms with E-state index in [1.807, 2.05) is 0 Å². The fourth-order valence-corrected chi connectivity index (χ4v) is 2.09. The number of carboxylic acids is 1. The van der Waals surface area contributed by atoms with Gasteiger partial charge in [0.2, 0.25) is 5.91 Å². The monoisotopic (exact) mass is 225 g/mol. The van der Waals surface area contributed by atoms with Crippen LogP contribution in [0.2, 0.25) is 0 Å². The number of amides is 1. The molecule has 2 atom stereocenters. The van der Waals surface area contributed by atoms with Crippen LogP contribution in [-0.4, -0.2) is 23.0 Å². The van der Waals surface area contributed by atoms with Crippen molar-refractivity contribution in [1.29, 1.82) is 0 Å². The van der Waals surface area contributed by atoms with E-state index in [0.717, 1.165) is 31.4 Å². The molecule has 1 fully saturated rings. The molecule has 1 amide bonds. The third-order valence-corrected chi connectivity index (χ3v) is 3.07. The van der Waals surface area contributed by atoms with Crippen molar-refractivity contribution in [2.24, 2.45) is 5.92 Å². The minimum absolute atomic E-state index is 0.188. The van der Waals surface area contributed by atoms with Crippen molar-refractivity contribution in [2.75, 3.05) is 0 Å². The molecular weight excluding hydrogens is 206 g/mol. The molecule has 0 heterocycles. The molecule has 2 N–H and O–H groups in total. The topological polar surface area (TPSA) is 66.4 Å². The van der Waals surface area contributed by atoms with Crippen LogP contribution in [0.25, 0.3) is 0 Å². The van der Waals surface area contributed by atoms with Crippen molar-refractivity contribution < 1.29 is 14.7 Å². The Hall–Kier alpha value is -1.32. The Morgan fingerprint density at radius 1 is 1.19 bits per heavy atom. The number of hydrogen-bond donors (Lipinski definition) is 2. The highest BCUT2D eigenvalue weighted by molar-refractivity contribution is 5.93. The van der Waals surface area contributed by atoms with E-state index in [0.29, 0.717) is 5.92 Å². The van der Waals surface area contributed by atoms with Crippen molar-refractivity contribution >= 4 is 11.9 Å². The van der Waals surface area contributed by atoms with E-state index in [1.54, 1.807) is 0 Å². The lowest BCUT2D eigenvalue weighted by Gasteiger charge is -2.21. The molecule has 1 rings (SSSR count). The highest BCUT2D eigenvalue weighted by Gasteiger charge is 2.20. The number of carbonyl (C=O) groups is 2. The van der Waals surface area contributed by atoms with Crippen molar-refractivity contribution in [3.05, 3.63) is 12.2 Å². The predicted molar refractivity (Wildman–Crippen MR) is 61.0 cm³/mol. The Labute approximate surface area is 95.7 Å². The number of hydrogen-bond acceptors (Lipinski definition) is 2. The van der Waals surface area contributed by atoms with Gasteiger partial charge < -0.3 is 10.4 Å². The first-order valence-corrected chi connectivity index (χ1v) is 5.81. The van der Waals surface area contributed by atoms with Crippen LogP contribution in [-0.2, 0) is 9.59 Å². The summed E-state index contributed by atoms with van der Waals surface area (Å²) >= 11 is 0. The van der Waals surface area contributed by atoms with Crippen molar-refractivity contribution in [3.8, 4) is 0 Å². The molecule has 0 bridgehead atoms. The largest absolute Gasteiger partial charge is 0.478 e. The van der Waals surface area contributed by atoms with Crippen LogP contribution >= 0.6 is 0 Å². The van der Waals surface area contributed by atoms with Crippen LogP contribution in [0.5, 0.6) is 0 Å². The van der Waals surface area contributed by atoms with Gasteiger partial charge in [0.1, 0.15) is 0 Å². The van der Waals surface area contributed by atoms with E-state index in [9.17, 15) is 9.59 Å². The van der Waals surface area contributed by atoms with Crippen LogP contribution in [0.15, 0.2) is 12.2 Å². The van der Waals surface area contributed by atoms with Crippen molar-refractivity contribution in [2.45, 2.75) is 45.1 Å². The molecule has 0 aromatic carbocycles. The quantitative estimate of drug-likeness (QED) is 0.567. The van der Waals surface area contributed by atoms with E-state index in [2.05, 4.69) is 12.2 Å². The summed E-state index contributed by atoms with van der Waals surface area (Å²) in [5, 5.41) is 11.3. The summed E-state index contributed by atoms with van der Waals surface area (Å²) in [5.41, 5.74) is 0. The van der Waals surface area contributed by atoms with Crippen LogP contribution < -0.4 is 5.32 Å². The fraction of sp³-hybridized carbons (Fsp3) is 0.667. The van der Waals surface area contributed by atoms with E-state index in [1.165, 1.54) is 12.8 Å². The molecule has 4 heteroatoms. The molecule has 0 spiro atoms. The number of rotatable bonds is 3. The predicted octanol–water partition coefficient (Wildman–Crippen LogP) is 1.71. The van der Waals surface area contributed by atoms with Gasteiger partial charge >= 0.3 is 5.97 Å². The van der Waals surface area contributed by atoms with Crippen LogP contribution in [0.1, 0.15) is 39.0 Å². The van der Waals surface area contributed by atoms with Crippen LogP contribution in [0.4, 0.5) is 0 Å². The van der Waals surface area contributed by atoms with Crippen LogP contribution in [0.3, 0.4) is 0 Å². The summed E-state index contributed by atoms with van der Waals surface area (Å²) in [6.07, 6.45) is 7.66. The molecule has 0 aromatic rings. The van der Waals surface area contributed by atoms with Gasteiger partial charge in [0.15, 0.2) is 0 Å². The fourth-order valence-electron chi connectivity index (χ4n) is 2.09. The summed E-state index contributed by atoms with van der Waals surface area (Å²) in [6.45, 7) is 2.14. The maximum absolute atomic E-state index is 11.4. The Balaban J connectivity index is 2.45. The summed E-state index contributed by atoms with van der Waals surface area (Å²) in [6, 6.07) is 0.188. The molecule has 0 radical (unpaired) electrons. The van der Waals surface area contributed by atoms with Gasteiger partial charge in [-0.2, -0.15) is 0 Å². The smallest absolute Gasteiger partial charge is 0.328 e. The van der Waals surface area contributed by atoms with Crippen molar-refractivity contribution in [1.82, 2.24) is 5.32 Å². The maximum atomic E-state index is 11.4. The third-order valence-electron chi connectivity index (χ3n) is 3.07. The molecule has 0 aliphatic heterocycles. The molecule has 1 saturated carbocycles. The lowest BCUT2D eigenvalue weighted by atomic mass is 9.97. The van der Waals surface area contributed by atoms with Crippen molar-refractivity contribution in [3.63, 3.8) is 0 Å². The van der Waals surface area contributed by atoms with Gasteiger partial charge in [-0.05, 0) is 18.8 Å². The first kappa shape index (κ1) is 12.7. The zero-order valence-electron chi connectivity index (χ0n) is 9.61. The zero-order valence-corrected chi connectivity index (χ0v) is 9.61. The van der Waals surface area contributed by atoms with Gasteiger partial charge in [0, 0.05) is 18.2 Å². The summed E-state index contributed by atoms with van der Waals surface area (Å²) in [7, 11) is 0. The second kappa shape index (κ2) is 6.30. The second-order valence-corrected chi connectivity index (χ2v) is 4.40. The van der Waals surface area contributed by atoms with E-state index < -0.39 is 5.97 Å². The minimum Gasteiger partial charge on any atom is -0.478 e. The van der Waals surface area contributed by atoms with Gasteiger partial charge in [-0.25, -0.2) is 4.79 Å². The average Bonchev–Trinajstić information content (AvgIpc) is 2.42. The first-order chi connectivity index (χ1) is 7.59. The average molecular weight is 225 g/mol. The lowest BCUT2D eigenvalue weighted by Crippen LogP contribution is -2.37. The number of carbonyl (C=O) groups excluding carboxylic acids is 1. The number of carboxylic acid groups (broad SMARTS) is 1. The Morgan fingerprint density at radius 2 is 1.88 bits per heavy atom. The normalized spacial score (nSPS) is 26.3. The highest BCUT2D eigenvalue weighted by Crippen LogP contribution is 2.22. The molecule has 16 heavy (non-hydrogen) atoms. The van der Waals surface area contributed by atoms with E-state index >= 15 is 0 Å². The zero-order chi connectivity index (χ0) is 12.0. The van der Waals surface area contributed by atoms with Gasteiger partial charge in [-0.15, -0.1) is 0 Å². The molecule has 2 unspecified atom stereocenters. The van der Waals surface area contributed by atoms with Crippen LogP contribution in [0, 0.1) is 5.92 Å². The highest BCUT2D eigenvalue weighted by atomic mass is 16.4. The Morgan fingerprint density at radius 3 is 2.56 bits per heavy atom. The molecule has 1 aliphatic rings. The molecule has 0 saturated heterocycles. The first-order valence-electron chi connectivity index (χ1n) is 5.81. The maximum Gasteiger partial charge on any atom is 0.328 e. The summed E-state index contributed by atoms with van der Waals surface area (Å²) < 4.78 is 0. The second-order valence-electron chi connectivity index (χ2n) is 4.40. The summed E-state index contributed by atoms with van der Waals surface area (Å²) in [5.74, 6) is -0.921. The van der Waals surface area contributed by atoms with Gasteiger partial charge in [0.05, 0.1) is 0 Å². The van der Waals surface area contributed by atoms with E-state index in [-0.39, 0.29) is 11.9 Å². The van der Waals surface area contributed by atoms with Gasteiger partial charge in [-0.1, -0.05) is 26.2 Å². The molecule has 1 aliphatic carbocycles. The Kier molecular flexibility index (Phi) is 5.02. The molecule has 90 valence electrons. The Bertz CT molecular complexity index is 286. The lowest BCUT2D eigenvalue weighted by molar-refractivity contribution is -0.131. The molecule has 4 nitrogen and oxygen atoms in total. The third kappa shape index (κ3) is 4.47. The number of aliphatic carboxylic acids is 1. The standard InChI is InChI=1S/C12H19NO3/c1-9-5-3-2-4-6-10(9)13-11(14)7-8-12(15)16/h7-10H,2-6H2,1H3,(H,13,14)(H,15,16). The number of nitrogens with one attached hydrogen (secondary N) is 1. The van der Waals surface area contributed by atoms with Gasteiger partial charge in [-0.3, -0.25) is 4.79 Å². The van der Waals surface area contributed by atoms with E-state index in [4.69, 9.17) is 5.11 Å². The minimum atomic E-state index is -1.09. The summed E-state index contributed by atoms with van der Waals surface area (Å²) in [4.78, 5) is 21.7. The molecular formula is C12H19NO3. The SMILES string of the molecule is CC1CCCCCC1NC(=O)C=CC(=O)O.